The van der Waals surface area contributed by atoms with E-state index in [1.54, 1.807) is 16.0 Å². The first-order valence-electron chi connectivity index (χ1n) is 11.3. The first kappa shape index (κ1) is 18.6. The zero-order valence-electron chi connectivity index (χ0n) is 17.6. The van der Waals surface area contributed by atoms with Gasteiger partial charge in [0.05, 0.1) is 0 Å². The van der Waals surface area contributed by atoms with Crippen molar-refractivity contribution in [1.29, 1.82) is 0 Å². The second-order valence-corrected chi connectivity index (χ2v) is 11.2. The van der Waals surface area contributed by atoms with Crippen molar-refractivity contribution in [2.24, 2.45) is 0 Å². The van der Waals surface area contributed by atoms with Gasteiger partial charge in [-0.05, 0) is 45.3 Å². The molecule has 2 aliphatic rings. The molecule has 0 amide bonds. The third-order valence-corrected chi connectivity index (χ3v) is 9.31. The van der Waals surface area contributed by atoms with Crippen LogP contribution in [0.15, 0.2) is 91.0 Å². The molecule has 5 aromatic rings. The summed E-state index contributed by atoms with van der Waals surface area (Å²) >= 11 is 4.02. The van der Waals surface area contributed by atoms with Crippen molar-refractivity contribution in [3.05, 3.63) is 133 Å². The zero-order chi connectivity index (χ0) is 21.1. The highest BCUT2D eigenvalue weighted by Gasteiger charge is 2.42. The van der Waals surface area contributed by atoms with Gasteiger partial charge in [-0.1, -0.05) is 84.9 Å². The summed E-state index contributed by atoms with van der Waals surface area (Å²) in [5.41, 5.74) is 7.35. The van der Waals surface area contributed by atoms with Gasteiger partial charge in [0.15, 0.2) is 0 Å². The molecule has 0 N–H and O–H groups in total. The largest absolute Gasteiger partial charge is 0.144 e. The topological polar surface area (TPSA) is 0 Å². The Morgan fingerprint density at radius 3 is 2.09 bits per heavy atom. The molecule has 2 aliphatic carbocycles. The maximum atomic E-state index is 2.46. The Hall–Kier alpha value is -2.94. The summed E-state index contributed by atoms with van der Waals surface area (Å²) in [6.07, 6.45) is 6.90. The predicted molar refractivity (Wildman–Crippen MR) is 138 cm³/mol. The number of benzene rings is 3. The average Bonchev–Trinajstić information content (AvgIpc) is 3.39. The molecule has 0 aliphatic heterocycles. The van der Waals surface area contributed by atoms with E-state index in [0.29, 0.717) is 11.8 Å². The van der Waals surface area contributed by atoms with E-state index >= 15 is 0 Å². The fourth-order valence-electron chi connectivity index (χ4n) is 5.41. The van der Waals surface area contributed by atoms with Crippen LogP contribution in [0.1, 0.15) is 54.3 Å². The van der Waals surface area contributed by atoms with Gasteiger partial charge in [-0.3, -0.25) is 0 Å². The smallest absolute Gasteiger partial charge is 0.0387 e. The van der Waals surface area contributed by atoms with Crippen LogP contribution in [0.2, 0.25) is 0 Å². The van der Waals surface area contributed by atoms with Crippen LogP contribution in [0.25, 0.3) is 16.2 Å². The van der Waals surface area contributed by atoms with Crippen LogP contribution >= 0.6 is 22.7 Å². The van der Waals surface area contributed by atoms with Gasteiger partial charge >= 0.3 is 0 Å². The Kier molecular flexibility index (Phi) is 4.25. The molecular weight excluding hydrogens is 424 g/mol. The van der Waals surface area contributed by atoms with E-state index in [9.17, 15) is 0 Å². The lowest BCUT2D eigenvalue weighted by molar-refractivity contribution is 0.637. The molecule has 0 spiro atoms. The second-order valence-electron chi connectivity index (χ2n) is 8.92. The van der Waals surface area contributed by atoms with Crippen LogP contribution in [-0.4, -0.2) is 0 Å². The maximum Gasteiger partial charge on any atom is 0.0387 e. The van der Waals surface area contributed by atoms with E-state index in [0.717, 1.165) is 12.8 Å². The lowest BCUT2D eigenvalue weighted by atomic mass is 9.64. The SMILES string of the molecule is C1=CC2c3c(ccc4cc(Cc5ccccc5)sc34)C2c2sc(Cc3ccccc3)cc21. The maximum absolute atomic E-state index is 2.46. The van der Waals surface area contributed by atoms with Crippen molar-refractivity contribution in [1.82, 2.24) is 0 Å². The van der Waals surface area contributed by atoms with Crippen LogP contribution in [0.3, 0.4) is 0 Å². The molecule has 0 saturated heterocycles. The Labute approximate surface area is 196 Å². The highest BCUT2D eigenvalue weighted by molar-refractivity contribution is 7.19. The van der Waals surface area contributed by atoms with E-state index < -0.39 is 0 Å². The van der Waals surface area contributed by atoms with Crippen molar-refractivity contribution in [2.75, 3.05) is 0 Å². The highest BCUT2D eigenvalue weighted by Crippen LogP contribution is 2.59. The van der Waals surface area contributed by atoms with E-state index in [1.165, 1.54) is 36.5 Å². The molecule has 0 nitrogen and oxygen atoms in total. The number of rotatable bonds is 4. The minimum atomic E-state index is 0.535. The summed E-state index contributed by atoms with van der Waals surface area (Å²) in [7, 11) is 0. The first-order chi connectivity index (χ1) is 15.8. The fourth-order valence-corrected chi connectivity index (χ4v) is 8.06. The molecular formula is C30H22S2. The van der Waals surface area contributed by atoms with Crippen LogP contribution in [0.5, 0.6) is 0 Å². The Morgan fingerprint density at radius 1 is 0.688 bits per heavy atom. The van der Waals surface area contributed by atoms with Crippen molar-refractivity contribution in [2.45, 2.75) is 24.7 Å². The lowest BCUT2D eigenvalue weighted by Crippen LogP contribution is -2.25. The van der Waals surface area contributed by atoms with Crippen LogP contribution in [0, 0.1) is 0 Å². The zero-order valence-corrected chi connectivity index (χ0v) is 19.3. The van der Waals surface area contributed by atoms with Gasteiger partial charge in [0.25, 0.3) is 0 Å². The van der Waals surface area contributed by atoms with Gasteiger partial charge in [-0.2, -0.15) is 0 Å². The molecule has 2 aromatic heterocycles. The standard InChI is InChI=1S/C30H22S2/c1-3-7-19(8-4-1)15-23-17-21-11-13-25-27(29(21)31-23)26-14-12-22-18-24(32-30(22)28(25)26)16-20-9-5-2-6-10-20/h1-14,17-18,25,27H,15-16H2. The van der Waals surface area contributed by atoms with Gasteiger partial charge < -0.3 is 0 Å². The fraction of sp³-hybridized carbons (Fsp3) is 0.133. The monoisotopic (exact) mass is 446 g/mol. The van der Waals surface area contributed by atoms with Crippen molar-refractivity contribution in [3.63, 3.8) is 0 Å². The summed E-state index contributed by atoms with van der Waals surface area (Å²) in [5, 5.41) is 1.41. The van der Waals surface area contributed by atoms with Crippen LogP contribution in [-0.2, 0) is 12.8 Å². The van der Waals surface area contributed by atoms with Gasteiger partial charge in [-0.15, -0.1) is 22.7 Å². The van der Waals surface area contributed by atoms with Gasteiger partial charge in [0, 0.05) is 44.0 Å². The molecule has 3 aromatic carbocycles. The van der Waals surface area contributed by atoms with E-state index in [1.807, 2.05) is 22.7 Å². The minimum Gasteiger partial charge on any atom is -0.144 e. The Morgan fingerprint density at radius 2 is 1.38 bits per heavy atom. The number of hydrogen-bond acceptors (Lipinski definition) is 2. The van der Waals surface area contributed by atoms with Crippen molar-refractivity contribution < 1.29 is 0 Å². The average molecular weight is 447 g/mol. The van der Waals surface area contributed by atoms with E-state index in [2.05, 4.69) is 97.1 Å². The number of thiophene rings is 2. The van der Waals surface area contributed by atoms with Crippen molar-refractivity contribution in [3.8, 4) is 0 Å². The third kappa shape index (κ3) is 2.94. The van der Waals surface area contributed by atoms with E-state index in [4.69, 9.17) is 0 Å². The number of fused-ring (bicyclic) bond motifs is 8. The first-order valence-corrected chi connectivity index (χ1v) is 12.9. The van der Waals surface area contributed by atoms with Crippen LogP contribution in [0.4, 0.5) is 0 Å². The minimum absolute atomic E-state index is 0.535. The summed E-state index contributed by atoms with van der Waals surface area (Å²) in [5.74, 6) is 1.08. The molecule has 0 bridgehead atoms. The van der Waals surface area contributed by atoms with Crippen molar-refractivity contribution >= 4 is 38.8 Å². The molecule has 0 radical (unpaired) electrons. The summed E-state index contributed by atoms with van der Waals surface area (Å²) in [6.45, 7) is 0. The molecule has 2 heteroatoms. The molecule has 154 valence electrons. The molecule has 2 atom stereocenters. The van der Waals surface area contributed by atoms with Gasteiger partial charge in [-0.25, -0.2) is 0 Å². The Balaban J connectivity index is 1.23. The number of allylic oxidation sites excluding steroid dienone is 1. The lowest BCUT2D eigenvalue weighted by Gasteiger charge is -2.40. The molecule has 7 rings (SSSR count). The highest BCUT2D eigenvalue weighted by atomic mass is 32.1. The van der Waals surface area contributed by atoms with Gasteiger partial charge in [0.2, 0.25) is 0 Å². The van der Waals surface area contributed by atoms with Gasteiger partial charge in [0.1, 0.15) is 0 Å². The predicted octanol–water partition coefficient (Wildman–Crippen LogP) is 8.40. The quantitative estimate of drug-likeness (QED) is 0.260. The third-order valence-electron chi connectivity index (χ3n) is 6.89. The summed E-state index contributed by atoms with van der Waals surface area (Å²) in [4.78, 5) is 4.50. The molecule has 2 heterocycles. The molecule has 0 saturated carbocycles. The Bertz CT molecular complexity index is 1470. The molecule has 32 heavy (non-hydrogen) atoms. The normalized spacial score (nSPS) is 18.1. The molecule has 2 unspecified atom stereocenters. The van der Waals surface area contributed by atoms with E-state index in [-0.39, 0.29) is 0 Å². The van der Waals surface area contributed by atoms with Crippen LogP contribution < -0.4 is 0 Å². The summed E-state index contributed by atoms with van der Waals surface area (Å²) in [6, 6.07) is 31.2. The number of hydrogen-bond donors (Lipinski definition) is 0. The second kappa shape index (κ2) is 7.30. The summed E-state index contributed by atoms with van der Waals surface area (Å²) < 4.78 is 1.50. The molecule has 0 fully saturated rings.